The molecule has 0 atom stereocenters. The first-order valence-corrected chi connectivity index (χ1v) is 10.1. The van der Waals surface area contributed by atoms with Gasteiger partial charge in [-0.2, -0.15) is 0 Å². The minimum atomic E-state index is -0.279. The van der Waals surface area contributed by atoms with Crippen molar-refractivity contribution in [2.75, 3.05) is 27.9 Å². The van der Waals surface area contributed by atoms with Crippen molar-refractivity contribution in [3.05, 3.63) is 88.7 Å². The molecule has 166 valence electrons. The average Bonchev–Trinajstić information content (AvgIpc) is 2.83. The molecule has 0 aromatic heterocycles. The van der Waals surface area contributed by atoms with Crippen molar-refractivity contribution in [3.8, 4) is 17.2 Å². The van der Waals surface area contributed by atoms with Crippen LogP contribution in [0.4, 0.5) is 4.39 Å². The minimum Gasteiger partial charge on any atom is -0.497 e. The van der Waals surface area contributed by atoms with E-state index in [9.17, 15) is 9.18 Å². The molecule has 0 bridgehead atoms. The molecule has 0 fully saturated rings. The summed E-state index contributed by atoms with van der Waals surface area (Å²) in [4.78, 5) is 12.8. The van der Waals surface area contributed by atoms with Crippen molar-refractivity contribution in [3.63, 3.8) is 0 Å². The van der Waals surface area contributed by atoms with Gasteiger partial charge in [0, 0.05) is 12.1 Å². The van der Waals surface area contributed by atoms with Gasteiger partial charge in [-0.05, 0) is 60.0 Å². The summed E-state index contributed by atoms with van der Waals surface area (Å²) in [5.41, 5.74) is 3.07. The Morgan fingerprint density at radius 2 is 1.59 bits per heavy atom. The molecule has 0 unspecified atom stereocenters. The van der Waals surface area contributed by atoms with Crippen LogP contribution in [0.15, 0.2) is 60.7 Å². The predicted molar refractivity (Wildman–Crippen MR) is 124 cm³/mol. The highest BCUT2D eigenvalue weighted by Crippen LogP contribution is 2.27. The standard InChI is InChI=1S/C26H26FNO4/c1-30-22-11-13-24(31-2)20(17-22)8-4-19-7-12-25(32-3)23(16-19)26(29)28-15-14-18-5-9-21(27)10-6-18/h4-13,16-17H,14-15H2,1-3H3,(H,28,29)/b8-4-. The first-order valence-electron chi connectivity index (χ1n) is 10.1. The van der Waals surface area contributed by atoms with E-state index in [2.05, 4.69) is 5.32 Å². The van der Waals surface area contributed by atoms with Gasteiger partial charge in [0.2, 0.25) is 0 Å². The van der Waals surface area contributed by atoms with Crippen LogP contribution in [0.2, 0.25) is 0 Å². The highest BCUT2D eigenvalue weighted by atomic mass is 19.1. The Balaban J connectivity index is 1.74. The lowest BCUT2D eigenvalue weighted by Gasteiger charge is -2.11. The largest absolute Gasteiger partial charge is 0.497 e. The molecule has 0 aliphatic carbocycles. The Morgan fingerprint density at radius 3 is 2.28 bits per heavy atom. The molecular formula is C26H26FNO4. The van der Waals surface area contributed by atoms with Gasteiger partial charge in [0.1, 0.15) is 23.1 Å². The zero-order valence-electron chi connectivity index (χ0n) is 18.4. The molecule has 0 saturated carbocycles. The number of methoxy groups -OCH3 is 3. The van der Waals surface area contributed by atoms with Crippen LogP contribution >= 0.6 is 0 Å². The van der Waals surface area contributed by atoms with E-state index in [1.54, 1.807) is 38.5 Å². The van der Waals surface area contributed by atoms with Crippen molar-refractivity contribution < 1.29 is 23.4 Å². The molecule has 0 heterocycles. The van der Waals surface area contributed by atoms with Crippen LogP contribution < -0.4 is 19.5 Å². The number of rotatable bonds is 9. The van der Waals surface area contributed by atoms with Crippen LogP contribution in [0.5, 0.6) is 17.2 Å². The first-order chi connectivity index (χ1) is 15.5. The number of hydrogen-bond donors (Lipinski definition) is 1. The second-order valence-corrected chi connectivity index (χ2v) is 7.03. The summed E-state index contributed by atoms with van der Waals surface area (Å²) in [6, 6.07) is 17.2. The lowest BCUT2D eigenvalue weighted by Crippen LogP contribution is -2.26. The fraction of sp³-hybridized carbons (Fsp3) is 0.192. The van der Waals surface area contributed by atoms with E-state index in [1.165, 1.54) is 19.2 Å². The number of carbonyl (C=O) groups excluding carboxylic acids is 1. The smallest absolute Gasteiger partial charge is 0.255 e. The summed E-state index contributed by atoms with van der Waals surface area (Å²) >= 11 is 0. The van der Waals surface area contributed by atoms with Crippen molar-refractivity contribution in [2.45, 2.75) is 6.42 Å². The van der Waals surface area contributed by atoms with Gasteiger partial charge in [-0.1, -0.05) is 30.4 Å². The summed E-state index contributed by atoms with van der Waals surface area (Å²) in [7, 11) is 4.75. The summed E-state index contributed by atoms with van der Waals surface area (Å²) in [5, 5.41) is 2.90. The van der Waals surface area contributed by atoms with Gasteiger partial charge in [-0.25, -0.2) is 4.39 Å². The highest BCUT2D eigenvalue weighted by Gasteiger charge is 2.12. The molecule has 5 nitrogen and oxygen atoms in total. The Hall–Kier alpha value is -3.80. The fourth-order valence-electron chi connectivity index (χ4n) is 3.23. The second-order valence-electron chi connectivity index (χ2n) is 7.03. The maximum atomic E-state index is 13.0. The monoisotopic (exact) mass is 435 g/mol. The number of hydrogen-bond acceptors (Lipinski definition) is 4. The Kier molecular flexibility index (Phi) is 7.86. The second kappa shape index (κ2) is 11.0. The van der Waals surface area contributed by atoms with Crippen molar-refractivity contribution in [1.29, 1.82) is 0 Å². The topological polar surface area (TPSA) is 56.8 Å². The molecular weight excluding hydrogens is 409 g/mol. The quantitative estimate of drug-likeness (QED) is 0.481. The molecule has 6 heteroatoms. The molecule has 3 aromatic rings. The summed E-state index contributed by atoms with van der Waals surface area (Å²) in [5.74, 6) is 1.41. The van der Waals surface area contributed by atoms with Gasteiger partial charge in [0.25, 0.3) is 5.91 Å². The fourth-order valence-corrected chi connectivity index (χ4v) is 3.23. The number of nitrogens with one attached hydrogen (secondary N) is 1. The number of ether oxygens (including phenoxy) is 3. The SMILES string of the molecule is COc1ccc(OC)c(/C=C\c2ccc(OC)c(C(=O)NCCc3ccc(F)cc3)c2)c1. The lowest BCUT2D eigenvalue weighted by molar-refractivity contribution is 0.0951. The predicted octanol–water partition coefficient (Wildman–Crippen LogP) is 4.99. The Labute approximate surface area is 187 Å². The van der Waals surface area contributed by atoms with Crippen LogP contribution in [0.25, 0.3) is 12.2 Å². The number of amides is 1. The van der Waals surface area contributed by atoms with Gasteiger partial charge < -0.3 is 19.5 Å². The number of halogens is 1. The molecule has 1 amide bonds. The van der Waals surface area contributed by atoms with Crippen LogP contribution in [-0.4, -0.2) is 33.8 Å². The Morgan fingerprint density at radius 1 is 0.875 bits per heavy atom. The molecule has 0 aliphatic heterocycles. The van der Waals surface area contributed by atoms with E-state index in [0.717, 1.165) is 22.4 Å². The third kappa shape index (κ3) is 5.88. The molecule has 0 saturated heterocycles. The molecule has 0 radical (unpaired) electrons. The third-order valence-electron chi connectivity index (χ3n) is 4.97. The van der Waals surface area contributed by atoms with E-state index in [-0.39, 0.29) is 11.7 Å². The molecule has 0 spiro atoms. The van der Waals surface area contributed by atoms with Crippen LogP contribution in [0.3, 0.4) is 0 Å². The van der Waals surface area contributed by atoms with Gasteiger partial charge >= 0.3 is 0 Å². The van der Waals surface area contributed by atoms with Crippen LogP contribution in [0.1, 0.15) is 27.0 Å². The van der Waals surface area contributed by atoms with Gasteiger partial charge in [0.15, 0.2) is 0 Å². The average molecular weight is 435 g/mol. The molecule has 32 heavy (non-hydrogen) atoms. The molecule has 3 rings (SSSR count). The van der Waals surface area contributed by atoms with E-state index < -0.39 is 0 Å². The zero-order chi connectivity index (χ0) is 22.9. The van der Waals surface area contributed by atoms with Gasteiger partial charge in [-0.15, -0.1) is 0 Å². The van der Waals surface area contributed by atoms with E-state index in [4.69, 9.17) is 14.2 Å². The number of benzene rings is 3. The van der Waals surface area contributed by atoms with E-state index in [0.29, 0.717) is 30.0 Å². The summed E-state index contributed by atoms with van der Waals surface area (Å²) < 4.78 is 29.1. The maximum Gasteiger partial charge on any atom is 0.255 e. The van der Waals surface area contributed by atoms with Crippen LogP contribution in [0, 0.1) is 5.82 Å². The van der Waals surface area contributed by atoms with Crippen LogP contribution in [-0.2, 0) is 6.42 Å². The molecule has 3 aromatic carbocycles. The summed E-state index contributed by atoms with van der Waals surface area (Å²) in [6.07, 6.45) is 4.40. The first kappa shape index (κ1) is 22.9. The highest BCUT2D eigenvalue weighted by molar-refractivity contribution is 5.97. The zero-order valence-corrected chi connectivity index (χ0v) is 18.4. The third-order valence-corrected chi connectivity index (χ3v) is 4.97. The lowest BCUT2D eigenvalue weighted by atomic mass is 10.1. The van der Waals surface area contributed by atoms with Gasteiger partial charge in [-0.3, -0.25) is 4.79 Å². The molecule has 0 aliphatic rings. The minimum absolute atomic E-state index is 0.238. The maximum absolute atomic E-state index is 13.0. The van der Waals surface area contributed by atoms with Gasteiger partial charge in [0.05, 0.1) is 26.9 Å². The normalized spacial score (nSPS) is 10.8. The Bertz CT molecular complexity index is 1090. The molecule has 1 N–H and O–H groups in total. The summed E-state index contributed by atoms with van der Waals surface area (Å²) in [6.45, 7) is 0.425. The van der Waals surface area contributed by atoms with E-state index in [1.807, 2.05) is 36.4 Å². The van der Waals surface area contributed by atoms with Crippen molar-refractivity contribution in [1.82, 2.24) is 5.32 Å². The number of carbonyl (C=O) groups is 1. The van der Waals surface area contributed by atoms with Crippen molar-refractivity contribution >= 4 is 18.1 Å². The van der Waals surface area contributed by atoms with Crippen molar-refractivity contribution in [2.24, 2.45) is 0 Å². The van der Waals surface area contributed by atoms with E-state index >= 15 is 0 Å².